The van der Waals surface area contributed by atoms with Gasteiger partial charge in [0, 0.05) is 31.0 Å². The minimum absolute atomic E-state index is 0.0824. The van der Waals surface area contributed by atoms with Crippen LogP contribution < -0.4 is 5.73 Å². The molecule has 0 aromatic carbocycles. The Balaban J connectivity index is 1.96. The highest BCUT2D eigenvalue weighted by Crippen LogP contribution is 2.35. The molecule has 1 amide bonds. The molecule has 4 nitrogen and oxygen atoms in total. The van der Waals surface area contributed by atoms with E-state index in [9.17, 15) is 9.90 Å². The summed E-state index contributed by atoms with van der Waals surface area (Å²) in [4.78, 5) is 14.6. The Bertz CT molecular complexity index is 332. The van der Waals surface area contributed by atoms with Gasteiger partial charge < -0.3 is 15.7 Å². The van der Waals surface area contributed by atoms with Crippen LogP contribution in [0.3, 0.4) is 0 Å². The molecule has 2 fully saturated rings. The molecule has 1 saturated heterocycles. The van der Waals surface area contributed by atoms with Crippen LogP contribution in [0.1, 0.15) is 40.0 Å². The summed E-state index contributed by atoms with van der Waals surface area (Å²) >= 11 is 0. The standard InChI is InChI=1S/C15H28N2O2/c1-9-6-10(2)14(16)7-13(9)15(19)17-5-4-12(8-17)11(3)18/h9-14,18H,4-8,16H2,1-3H3. The SMILES string of the molecule is CC(O)C1CCN(C(=O)C2CC(N)C(C)CC2C)C1. The van der Waals surface area contributed by atoms with E-state index in [1.165, 1.54) is 0 Å². The molecule has 0 aromatic heterocycles. The highest BCUT2D eigenvalue weighted by molar-refractivity contribution is 5.79. The van der Waals surface area contributed by atoms with Gasteiger partial charge in [0.2, 0.25) is 5.91 Å². The smallest absolute Gasteiger partial charge is 0.226 e. The number of hydrogen-bond acceptors (Lipinski definition) is 3. The van der Waals surface area contributed by atoms with Crippen molar-refractivity contribution in [1.82, 2.24) is 4.90 Å². The fourth-order valence-corrected chi connectivity index (χ4v) is 3.64. The van der Waals surface area contributed by atoms with Crippen LogP contribution in [-0.2, 0) is 4.79 Å². The molecule has 1 aliphatic carbocycles. The minimum atomic E-state index is -0.316. The van der Waals surface area contributed by atoms with Crippen molar-refractivity contribution in [2.24, 2.45) is 29.4 Å². The van der Waals surface area contributed by atoms with Crippen molar-refractivity contribution < 1.29 is 9.90 Å². The minimum Gasteiger partial charge on any atom is -0.393 e. The Morgan fingerprint density at radius 2 is 2.00 bits per heavy atom. The van der Waals surface area contributed by atoms with Crippen LogP contribution >= 0.6 is 0 Å². The van der Waals surface area contributed by atoms with E-state index in [0.717, 1.165) is 25.8 Å². The van der Waals surface area contributed by atoms with Crippen molar-refractivity contribution >= 4 is 5.91 Å². The molecule has 110 valence electrons. The summed E-state index contributed by atoms with van der Waals surface area (Å²) < 4.78 is 0. The van der Waals surface area contributed by atoms with Gasteiger partial charge >= 0.3 is 0 Å². The average Bonchev–Trinajstić information content (AvgIpc) is 2.82. The Morgan fingerprint density at radius 1 is 1.32 bits per heavy atom. The molecule has 0 bridgehead atoms. The second kappa shape index (κ2) is 5.80. The second-order valence-corrected chi connectivity index (χ2v) is 6.77. The molecule has 6 atom stereocenters. The van der Waals surface area contributed by atoms with Crippen molar-refractivity contribution in [3.63, 3.8) is 0 Å². The highest BCUT2D eigenvalue weighted by Gasteiger charge is 2.39. The van der Waals surface area contributed by atoms with Gasteiger partial charge in [-0.25, -0.2) is 0 Å². The number of rotatable bonds is 2. The van der Waals surface area contributed by atoms with Gasteiger partial charge in [-0.05, 0) is 38.0 Å². The molecule has 0 spiro atoms. The molecular weight excluding hydrogens is 240 g/mol. The van der Waals surface area contributed by atoms with Gasteiger partial charge in [0.1, 0.15) is 0 Å². The molecule has 6 unspecified atom stereocenters. The van der Waals surface area contributed by atoms with Crippen LogP contribution in [0.4, 0.5) is 0 Å². The van der Waals surface area contributed by atoms with Crippen LogP contribution in [0.5, 0.6) is 0 Å². The monoisotopic (exact) mass is 268 g/mol. The Labute approximate surface area is 116 Å². The van der Waals surface area contributed by atoms with E-state index >= 15 is 0 Å². The summed E-state index contributed by atoms with van der Waals surface area (Å²) in [5.74, 6) is 1.53. The number of nitrogens with two attached hydrogens (primary N) is 1. The van der Waals surface area contributed by atoms with Crippen molar-refractivity contribution in [2.45, 2.75) is 52.2 Å². The maximum atomic E-state index is 12.6. The molecule has 1 saturated carbocycles. The molecular formula is C15H28N2O2. The molecule has 2 aliphatic rings. The van der Waals surface area contributed by atoms with Crippen LogP contribution in [0.25, 0.3) is 0 Å². The van der Waals surface area contributed by atoms with Crippen LogP contribution in [0.2, 0.25) is 0 Å². The number of carbonyl (C=O) groups excluding carboxylic acids is 1. The predicted molar refractivity (Wildman–Crippen MR) is 75.4 cm³/mol. The zero-order valence-corrected chi connectivity index (χ0v) is 12.4. The van der Waals surface area contributed by atoms with E-state index in [4.69, 9.17) is 5.73 Å². The number of amides is 1. The van der Waals surface area contributed by atoms with E-state index in [-0.39, 0.29) is 29.9 Å². The molecule has 0 aromatic rings. The number of aliphatic hydroxyl groups is 1. The zero-order chi connectivity index (χ0) is 14.2. The first kappa shape index (κ1) is 14.8. The lowest BCUT2D eigenvalue weighted by molar-refractivity contribution is -0.138. The third-order valence-corrected chi connectivity index (χ3v) is 5.22. The quantitative estimate of drug-likeness (QED) is 0.791. The number of hydrogen-bond donors (Lipinski definition) is 2. The zero-order valence-electron chi connectivity index (χ0n) is 12.4. The van der Waals surface area contributed by atoms with E-state index in [1.807, 2.05) is 11.8 Å². The van der Waals surface area contributed by atoms with E-state index in [0.29, 0.717) is 18.4 Å². The van der Waals surface area contributed by atoms with E-state index in [2.05, 4.69) is 13.8 Å². The molecule has 1 aliphatic heterocycles. The molecule has 1 heterocycles. The van der Waals surface area contributed by atoms with Gasteiger partial charge in [-0.3, -0.25) is 4.79 Å². The number of carbonyl (C=O) groups is 1. The Hall–Kier alpha value is -0.610. The normalized spacial score (nSPS) is 41.3. The number of aliphatic hydroxyl groups excluding tert-OH is 1. The van der Waals surface area contributed by atoms with Gasteiger partial charge in [0.15, 0.2) is 0 Å². The predicted octanol–water partition coefficient (Wildman–Crippen LogP) is 1.23. The lowest BCUT2D eigenvalue weighted by atomic mass is 9.72. The Kier molecular flexibility index (Phi) is 4.51. The van der Waals surface area contributed by atoms with Gasteiger partial charge in [-0.1, -0.05) is 13.8 Å². The van der Waals surface area contributed by atoms with Crippen molar-refractivity contribution in [3.8, 4) is 0 Å². The number of likely N-dealkylation sites (tertiary alicyclic amines) is 1. The molecule has 3 N–H and O–H groups in total. The number of nitrogens with zero attached hydrogens (tertiary/aromatic N) is 1. The van der Waals surface area contributed by atoms with Gasteiger partial charge in [-0.15, -0.1) is 0 Å². The Morgan fingerprint density at radius 3 is 2.58 bits per heavy atom. The first-order chi connectivity index (χ1) is 8.90. The second-order valence-electron chi connectivity index (χ2n) is 6.77. The summed E-state index contributed by atoms with van der Waals surface area (Å²) in [6, 6.07) is 0.153. The fraction of sp³-hybridized carbons (Fsp3) is 0.933. The first-order valence-electron chi connectivity index (χ1n) is 7.62. The topological polar surface area (TPSA) is 66.6 Å². The van der Waals surface area contributed by atoms with E-state index in [1.54, 1.807) is 0 Å². The third kappa shape index (κ3) is 3.11. The van der Waals surface area contributed by atoms with Crippen molar-refractivity contribution in [1.29, 1.82) is 0 Å². The largest absolute Gasteiger partial charge is 0.393 e. The molecule has 4 heteroatoms. The summed E-state index contributed by atoms with van der Waals surface area (Å²) in [6.07, 6.45) is 2.47. The lowest BCUT2D eigenvalue weighted by Crippen LogP contribution is -2.46. The molecule has 19 heavy (non-hydrogen) atoms. The van der Waals surface area contributed by atoms with Gasteiger partial charge in [-0.2, -0.15) is 0 Å². The fourth-order valence-electron chi connectivity index (χ4n) is 3.64. The van der Waals surface area contributed by atoms with Crippen LogP contribution in [0.15, 0.2) is 0 Å². The van der Waals surface area contributed by atoms with Crippen LogP contribution in [0, 0.1) is 23.7 Å². The maximum Gasteiger partial charge on any atom is 0.226 e. The summed E-state index contributed by atoms with van der Waals surface area (Å²) in [6.45, 7) is 7.68. The van der Waals surface area contributed by atoms with Gasteiger partial charge in [0.05, 0.1) is 6.10 Å². The molecule has 2 rings (SSSR count). The summed E-state index contributed by atoms with van der Waals surface area (Å²) in [7, 11) is 0. The average molecular weight is 268 g/mol. The highest BCUT2D eigenvalue weighted by atomic mass is 16.3. The third-order valence-electron chi connectivity index (χ3n) is 5.22. The maximum absolute atomic E-state index is 12.6. The first-order valence-corrected chi connectivity index (χ1v) is 7.62. The molecule has 0 radical (unpaired) electrons. The van der Waals surface area contributed by atoms with Gasteiger partial charge in [0.25, 0.3) is 0 Å². The van der Waals surface area contributed by atoms with Crippen molar-refractivity contribution in [2.75, 3.05) is 13.1 Å². The van der Waals surface area contributed by atoms with Crippen LogP contribution in [-0.4, -0.2) is 41.1 Å². The lowest BCUT2D eigenvalue weighted by Gasteiger charge is -2.37. The van der Waals surface area contributed by atoms with E-state index < -0.39 is 0 Å². The van der Waals surface area contributed by atoms with Crippen molar-refractivity contribution in [3.05, 3.63) is 0 Å². The summed E-state index contributed by atoms with van der Waals surface area (Å²) in [5.41, 5.74) is 6.13. The summed E-state index contributed by atoms with van der Waals surface area (Å²) in [5, 5.41) is 9.63.